The fourth-order valence-corrected chi connectivity index (χ4v) is 2.25. The number of nitrogens with zero attached hydrogens (tertiary/aromatic N) is 1. The summed E-state index contributed by atoms with van der Waals surface area (Å²) in [5.74, 6) is 0. The van der Waals surface area contributed by atoms with Gasteiger partial charge < -0.3 is 0 Å². The highest BCUT2D eigenvalue weighted by Gasteiger charge is 2.29. The van der Waals surface area contributed by atoms with Gasteiger partial charge >= 0.3 is 6.18 Å². The van der Waals surface area contributed by atoms with E-state index < -0.39 is 11.7 Å². The van der Waals surface area contributed by atoms with E-state index in [9.17, 15) is 18.0 Å². The fraction of sp³-hybridized carbons (Fsp3) is 0.0833. The van der Waals surface area contributed by atoms with Crippen LogP contribution < -0.4 is 0 Å². The Morgan fingerprint density at radius 1 is 1.06 bits per heavy atom. The Bertz CT molecular complexity index is 595. The molecule has 0 amide bonds. The SMILES string of the molecule is O=C=Nc1ccc(-c2ccc(C(F)(F)F)cc2)s1. The van der Waals surface area contributed by atoms with E-state index in [2.05, 4.69) is 4.99 Å². The van der Waals surface area contributed by atoms with Crippen LogP contribution in [-0.2, 0) is 11.0 Å². The summed E-state index contributed by atoms with van der Waals surface area (Å²) < 4.78 is 37.1. The maximum absolute atomic E-state index is 12.4. The van der Waals surface area contributed by atoms with Crippen molar-refractivity contribution in [2.75, 3.05) is 0 Å². The van der Waals surface area contributed by atoms with E-state index in [1.165, 1.54) is 29.5 Å². The molecule has 0 unspecified atom stereocenters. The number of isocyanates is 1. The maximum atomic E-state index is 12.4. The number of alkyl halides is 3. The predicted octanol–water partition coefficient (Wildman–Crippen LogP) is 4.40. The fourth-order valence-electron chi connectivity index (χ4n) is 1.41. The van der Waals surface area contributed by atoms with Gasteiger partial charge in [0.15, 0.2) is 0 Å². The molecular formula is C12H6F3NOS. The summed E-state index contributed by atoms with van der Waals surface area (Å²) >= 11 is 1.21. The Hall–Kier alpha value is -1.91. The average Bonchev–Trinajstić information content (AvgIpc) is 2.77. The van der Waals surface area contributed by atoms with Crippen LogP contribution in [0.15, 0.2) is 41.4 Å². The molecule has 1 heterocycles. The van der Waals surface area contributed by atoms with E-state index in [0.717, 1.165) is 17.0 Å². The summed E-state index contributed by atoms with van der Waals surface area (Å²) in [4.78, 5) is 14.3. The van der Waals surface area contributed by atoms with E-state index in [-0.39, 0.29) is 0 Å². The van der Waals surface area contributed by atoms with Gasteiger partial charge in [0.25, 0.3) is 0 Å². The zero-order valence-corrected chi connectivity index (χ0v) is 9.68. The molecule has 0 saturated carbocycles. The van der Waals surface area contributed by atoms with Gasteiger partial charge in [-0.15, -0.1) is 11.3 Å². The van der Waals surface area contributed by atoms with Crippen LogP contribution in [0.3, 0.4) is 0 Å². The first-order chi connectivity index (χ1) is 8.50. The van der Waals surface area contributed by atoms with Crippen LogP contribution in [0.25, 0.3) is 10.4 Å². The molecule has 0 atom stereocenters. The minimum atomic E-state index is -4.33. The average molecular weight is 269 g/mol. The molecule has 0 radical (unpaired) electrons. The molecule has 92 valence electrons. The molecule has 2 aromatic rings. The number of carbonyl (C=O) groups excluding carboxylic acids is 1. The molecular weight excluding hydrogens is 263 g/mol. The van der Waals surface area contributed by atoms with Crippen molar-refractivity contribution < 1.29 is 18.0 Å². The third-order valence-corrected chi connectivity index (χ3v) is 3.27. The van der Waals surface area contributed by atoms with Crippen molar-refractivity contribution in [2.24, 2.45) is 4.99 Å². The van der Waals surface area contributed by atoms with Crippen molar-refractivity contribution in [1.82, 2.24) is 0 Å². The van der Waals surface area contributed by atoms with Crippen molar-refractivity contribution in [1.29, 1.82) is 0 Å². The first kappa shape index (κ1) is 12.5. The standard InChI is InChI=1S/C12H6F3NOS/c13-12(14,15)9-3-1-8(2-4-9)10-5-6-11(18-10)16-7-17/h1-6H. The number of benzene rings is 1. The lowest BCUT2D eigenvalue weighted by atomic mass is 10.1. The number of hydrogen-bond acceptors (Lipinski definition) is 3. The maximum Gasteiger partial charge on any atom is 0.416 e. The Balaban J connectivity index is 2.31. The molecule has 0 spiro atoms. The van der Waals surface area contributed by atoms with Crippen LogP contribution in [0.1, 0.15) is 5.56 Å². The summed E-state index contributed by atoms with van der Waals surface area (Å²) in [6, 6.07) is 8.15. The van der Waals surface area contributed by atoms with Gasteiger partial charge in [0.2, 0.25) is 6.08 Å². The van der Waals surface area contributed by atoms with Crippen LogP contribution in [0, 0.1) is 0 Å². The number of rotatable bonds is 2. The minimum absolute atomic E-state index is 0.472. The second kappa shape index (κ2) is 4.76. The van der Waals surface area contributed by atoms with Crippen molar-refractivity contribution >= 4 is 22.4 Å². The molecule has 1 aromatic heterocycles. The number of aliphatic imine (C=N–C) groups is 1. The monoisotopic (exact) mass is 269 g/mol. The molecule has 6 heteroatoms. The summed E-state index contributed by atoms with van der Waals surface area (Å²) in [5.41, 5.74) is -0.0331. The van der Waals surface area contributed by atoms with Gasteiger partial charge in [0, 0.05) is 4.88 Å². The highest BCUT2D eigenvalue weighted by Crippen LogP contribution is 2.35. The summed E-state index contributed by atoms with van der Waals surface area (Å²) in [5, 5.41) is 0.472. The highest BCUT2D eigenvalue weighted by atomic mass is 32.1. The Labute approximate surface area is 104 Å². The van der Waals surface area contributed by atoms with Gasteiger partial charge in [0.05, 0.1) is 5.56 Å². The molecule has 0 aliphatic heterocycles. The van der Waals surface area contributed by atoms with Gasteiger partial charge in [-0.3, -0.25) is 0 Å². The first-order valence-electron chi connectivity index (χ1n) is 4.86. The highest BCUT2D eigenvalue weighted by molar-refractivity contribution is 7.19. The van der Waals surface area contributed by atoms with E-state index in [1.807, 2.05) is 0 Å². The van der Waals surface area contributed by atoms with E-state index >= 15 is 0 Å². The lowest BCUT2D eigenvalue weighted by molar-refractivity contribution is -0.137. The topological polar surface area (TPSA) is 29.4 Å². The number of thiophene rings is 1. The van der Waals surface area contributed by atoms with Crippen LogP contribution in [0.4, 0.5) is 18.2 Å². The molecule has 0 bridgehead atoms. The van der Waals surface area contributed by atoms with Crippen molar-refractivity contribution in [2.45, 2.75) is 6.18 Å². The predicted molar refractivity (Wildman–Crippen MR) is 62.5 cm³/mol. The van der Waals surface area contributed by atoms with Crippen LogP contribution in [-0.4, -0.2) is 6.08 Å². The molecule has 0 N–H and O–H groups in total. The number of halogens is 3. The lowest BCUT2D eigenvalue weighted by Gasteiger charge is -2.06. The van der Waals surface area contributed by atoms with Crippen LogP contribution >= 0.6 is 11.3 Å². The summed E-state index contributed by atoms with van der Waals surface area (Å²) in [6.07, 6.45) is -2.92. The van der Waals surface area contributed by atoms with Gasteiger partial charge in [-0.25, -0.2) is 4.79 Å². The van der Waals surface area contributed by atoms with Crippen molar-refractivity contribution in [3.63, 3.8) is 0 Å². The zero-order chi connectivity index (χ0) is 13.2. The quantitative estimate of drug-likeness (QED) is 0.587. The first-order valence-corrected chi connectivity index (χ1v) is 5.68. The molecule has 2 rings (SSSR count). The molecule has 0 saturated heterocycles. The molecule has 18 heavy (non-hydrogen) atoms. The van der Waals surface area contributed by atoms with Gasteiger partial charge in [0.1, 0.15) is 5.00 Å². The van der Waals surface area contributed by atoms with Crippen molar-refractivity contribution in [3.8, 4) is 10.4 Å². The largest absolute Gasteiger partial charge is 0.416 e. The van der Waals surface area contributed by atoms with Crippen molar-refractivity contribution in [3.05, 3.63) is 42.0 Å². The molecule has 2 nitrogen and oxygen atoms in total. The Morgan fingerprint density at radius 2 is 1.72 bits per heavy atom. The molecule has 0 aliphatic rings. The third kappa shape index (κ3) is 2.67. The minimum Gasteiger partial charge on any atom is -0.211 e. The normalized spacial score (nSPS) is 11.1. The smallest absolute Gasteiger partial charge is 0.211 e. The van der Waals surface area contributed by atoms with Crippen LogP contribution in [0.2, 0.25) is 0 Å². The summed E-state index contributed by atoms with van der Waals surface area (Å²) in [6.45, 7) is 0. The summed E-state index contributed by atoms with van der Waals surface area (Å²) in [7, 11) is 0. The van der Waals surface area contributed by atoms with Gasteiger partial charge in [-0.2, -0.15) is 18.2 Å². The second-order valence-electron chi connectivity index (χ2n) is 3.42. The number of hydrogen-bond donors (Lipinski definition) is 0. The van der Waals surface area contributed by atoms with E-state index in [1.54, 1.807) is 12.1 Å². The van der Waals surface area contributed by atoms with E-state index in [4.69, 9.17) is 0 Å². The third-order valence-electron chi connectivity index (χ3n) is 2.24. The zero-order valence-electron chi connectivity index (χ0n) is 8.86. The molecule has 0 fully saturated rings. The van der Waals surface area contributed by atoms with Gasteiger partial charge in [-0.1, -0.05) is 12.1 Å². The second-order valence-corrected chi connectivity index (χ2v) is 4.48. The Morgan fingerprint density at radius 3 is 2.28 bits per heavy atom. The van der Waals surface area contributed by atoms with E-state index in [0.29, 0.717) is 10.6 Å². The molecule has 0 aliphatic carbocycles. The Kier molecular flexibility index (Phi) is 3.32. The van der Waals surface area contributed by atoms with Crippen LogP contribution in [0.5, 0.6) is 0 Å². The van der Waals surface area contributed by atoms with Gasteiger partial charge in [-0.05, 0) is 29.8 Å². The molecule has 1 aromatic carbocycles. The lowest BCUT2D eigenvalue weighted by Crippen LogP contribution is -2.03.